The minimum atomic E-state index is -0.688. The highest BCUT2D eigenvalue weighted by atomic mass is 16.2. The second-order valence-corrected chi connectivity index (χ2v) is 8.06. The number of nitrogens with one attached hydrogen (secondary N) is 1. The van der Waals surface area contributed by atoms with Crippen LogP contribution in [0.5, 0.6) is 0 Å². The molecule has 8 heteroatoms. The van der Waals surface area contributed by atoms with E-state index in [0.29, 0.717) is 11.4 Å². The fourth-order valence-electron chi connectivity index (χ4n) is 4.26. The second kappa shape index (κ2) is 8.30. The number of carbonyl (C=O) groups is 2. The third kappa shape index (κ3) is 3.75. The standard InChI is InChI=1S/C24H24N6O2/c25-22(31)21-14-20(28-30(21)18-6-2-1-3-7-18)24(32)27-17-11-9-16(10-12-17)23-26-15-19-8-4-5-13-29(19)23/h1-3,6-7,9-12,15,21H,4-5,8,13-14H2,(H2,25,31)(H,27,32). The smallest absolute Gasteiger partial charge is 0.271 e. The van der Waals surface area contributed by atoms with Gasteiger partial charge in [-0.25, -0.2) is 4.98 Å². The predicted molar refractivity (Wildman–Crippen MR) is 123 cm³/mol. The number of aryl methyl sites for hydroxylation is 1. The number of amides is 2. The van der Waals surface area contributed by atoms with Crippen molar-refractivity contribution in [3.63, 3.8) is 0 Å². The van der Waals surface area contributed by atoms with E-state index in [1.807, 2.05) is 60.8 Å². The van der Waals surface area contributed by atoms with Gasteiger partial charge < -0.3 is 15.6 Å². The molecule has 2 aromatic carbocycles. The molecule has 8 nitrogen and oxygen atoms in total. The summed E-state index contributed by atoms with van der Waals surface area (Å²) in [5, 5.41) is 8.78. The molecule has 3 aromatic rings. The van der Waals surface area contributed by atoms with Gasteiger partial charge in [-0.05, 0) is 55.7 Å². The number of hydrogen-bond donors (Lipinski definition) is 2. The van der Waals surface area contributed by atoms with E-state index in [1.165, 1.54) is 23.5 Å². The van der Waals surface area contributed by atoms with E-state index in [2.05, 4.69) is 20.0 Å². The number of aromatic nitrogens is 2. The van der Waals surface area contributed by atoms with Gasteiger partial charge in [-0.2, -0.15) is 5.10 Å². The Kier molecular flexibility index (Phi) is 5.18. The van der Waals surface area contributed by atoms with Gasteiger partial charge in [0.25, 0.3) is 5.91 Å². The summed E-state index contributed by atoms with van der Waals surface area (Å²) in [5.41, 5.74) is 9.48. The summed E-state index contributed by atoms with van der Waals surface area (Å²) in [5.74, 6) is 0.0916. The molecule has 0 spiro atoms. The first-order chi connectivity index (χ1) is 15.6. The second-order valence-electron chi connectivity index (χ2n) is 8.06. The third-order valence-electron chi connectivity index (χ3n) is 5.93. The molecule has 1 aromatic heterocycles. The van der Waals surface area contributed by atoms with Crippen LogP contribution < -0.4 is 16.1 Å². The summed E-state index contributed by atoms with van der Waals surface area (Å²) in [6.07, 6.45) is 5.55. The van der Waals surface area contributed by atoms with Gasteiger partial charge in [0, 0.05) is 36.1 Å². The molecule has 2 amide bonds. The number of fused-ring (bicyclic) bond motifs is 1. The van der Waals surface area contributed by atoms with Crippen LogP contribution in [0.4, 0.5) is 11.4 Å². The van der Waals surface area contributed by atoms with E-state index >= 15 is 0 Å². The van der Waals surface area contributed by atoms with E-state index in [-0.39, 0.29) is 18.0 Å². The van der Waals surface area contributed by atoms with Crippen molar-refractivity contribution < 1.29 is 9.59 Å². The minimum absolute atomic E-state index is 0.161. The molecule has 0 bridgehead atoms. The Hall–Kier alpha value is -3.94. The zero-order valence-corrected chi connectivity index (χ0v) is 17.6. The Balaban J connectivity index is 1.32. The molecular formula is C24H24N6O2. The van der Waals surface area contributed by atoms with Gasteiger partial charge in [-0.3, -0.25) is 14.6 Å². The Bertz CT molecular complexity index is 1180. The zero-order chi connectivity index (χ0) is 22.1. The van der Waals surface area contributed by atoms with Crippen LogP contribution in [0.25, 0.3) is 11.4 Å². The van der Waals surface area contributed by atoms with Crippen molar-refractivity contribution in [2.24, 2.45) is 10.8 Å². The van der Waals surface area contributed by atoms with Gasteiger partial charge >= 0.3 is 0 Å². The van der Waals surface area contributed by atoms with Crippen LogP contribution in [0.2, 0.25) is 0 Å². The summed E-state index contributed by atoms with van der Waals surface area (Å²) in [4.78, 5) is 29.4. The Labute approximate surface area is 185 Å². The predicted octanol–water partition coefficient (Wildman–Crippen LogP) is 2.95. The van der Waals surface area contributed by atoms with E-state index in [0.717, 1.165) is 24.4 Å². The number of rotatable bonds is 5. The lowest BCUT2D eigenvalue weighted by Crippen LogP contribution is -2.39. The molecule has 0 saturated heterocycles. The van der Waals surface area contributed by atoms with Crippen molar-refractivity contribution >= 4 is 28.9 Å². The van der Waals surface area contributed by atoms with Gasteiger partial charge in [-0.1, -0.05) is 18.2 Å². The number of hydrazone groups is 1. The van der Waals surface area contributed by atoms with Crippen LogP contribution in [-0.2, 0) is 22.6 Å². The molecule has 1 atom stereocenters. The average molecular weight is 428 g/mol. The summed E-state index contributed by atoms with van der Waals surface area (Å²) in [7, 11) is 0. The lowest BCUT2D eigenvalue weighted by molar-refractivity contribution is -0.119. The first kappa shape index (κ1) is 20.0. The molecule has 0 radical (unpaired) electrons. The fourth-order valence-corrected chi connectivity index (χ4v) is 4.26. The molecule has 1 unspecified atom stereocenters. The quantitative estimate of drug-likeness (QED) is 0.652. The highest BCUT2D eigenvalue weighted by Crippen LogP contribution is 2.27. The summed E-state index contributed by atoms with van der Waals surface area (Å²) >= 11 is 0. The third-order valence-corrected chi connectivity index (χ3v) is 5.93. The molecule has 3 heterocycles. The van der Waals surface area contributed by atoms with E-state index in [9.17, 15) is 9.59 Å². The summed E-state index contributed by atoms with van der Waals surface area (Å²) in [6, 6.07) is 16.2. The van der Waals surface area contributed by atoms with Gasteiger partial charge in [0.2, 0.25) is 5.91 Å². The number of nitrogens with two attached hydrogens (primary N) is 1. The fraction of sp³-hybridized carbons (Fsp3) is 0.250. The largest absolute Gasteiger partial charge is 0.368 e. The van der Waals surface area contributed by atoms with Crippen LogP contribution in [-0.4, -0.2) is 33.1 Å². The lowest BCUT2D eigenvalue weighted by atomic mass is 10.1. The Morgan fingerprint density at radius 2 is 1.81 bits per heavy atom. The maximum atomic E-state index is 12.8. The lowest BCUT2D eigenvalue weighted by Gasteiger charge is -2.20. The van der Waals surface area contributed by atoms with Crippen molar-refractivity contribution in [3.05, 3.63) is 66.5 Å². The number of para-hydroxylation sites is 1. The van der Waals surface area contributed by atoms with E-state index < -0.39 is 11.9 Å². The number of hydrogen-bond acceptors (Lipinski definition) is 5. The van der Waals surface area contributed by atoms with Crippen molar-refractivity contribution in [1.82, 2.24) is 9.55 Å². The van der Waals surface area contributed by atoms with Crippen molar-refractivity contribution in [1.29, 1.82) is 0 Å². The first-order valence-corrected chi connectivity index (χ1v) is 10.8. The van der Waals surface area contributed by atoms with Gasteiger partial charge in [-0.15, -0.1) is 0 Å². The molecule has 0 aliphatic carbocycles. The van der Waals surface area contributed by atoms with Gasteiger partial charge in [0.15, 0.2) is 0 Å². The monoisotopic (exact) mass is 428 g/mol. The zero-order valence-electron chi connectivity index (χ0n) is 17.6. The van der Waals surface area contributed by atoms with Crippen molar-refractivity contribution in [3.8, 4) is 11.4 Å². The Morgan fingerprint density at radius 1 is 1.03 bits per heavy atom. The number of primary amides is 1. The first-order valence-electron chi connectivity index (χ1n) is 10.8. The average Bonchev–Trinajstić information content (AvgIpc) is 3.46. The van der Waals surface area contributed by atoms with E-state index in [4.69, 9.17) is 5.73 Å². The molecule has 0 fully saturated rings. The molecule has 2 aliphatic heterocycles. The molecule has 5 rings (SSSR count). The summed E-state index contributed by atoms with van der Waals surface area (Å²) in [6.45, 7) is 0.988. The summed E-state index contributed by atoms with van der Waals surface area (Å²) < 4.78 is 2.27. The minimum Gasteiger partial charge on any atom is -0.368 e. The van der Waals surface area contributed by atoms with E-state index in [1.54, 1.807) is 0 Å². The van der Waals surface area contributed by atoms with Crippen LogP contribution in [0, 0.1) is 0 Å². The molecular weight excluding hydrogens is 404 g/mol. The van der Waals surface area contributed by atoms with Gasteiger partial charge in [0.1, 0.15) is 17.6 Å². The molecule has 0 saturated carbocycles. The SMILES string of the molecule is NC(=O)C1CC(C(=O)Nc2ccc(-c3ncc4n3CCCC4)cc2)=NN1c1ccccc1. The van der Waals surface area contributed by atoms with Crippen LogP contribution >= 0.6 is 0 Å². The maximum Gasteiger partial charge on any atom is 0.271 e. The number of anilines is 2. The molecule has 32 heavy (non-hydrogen) atoms. The van der Waals surface area contributed by atoms with Crippen molar-refractivity contribution in [2.45, 2.75) is 38.3 Å². The Morgan fingerprint density at radius 3 is 2.56 bits per heavy atom. The topological polar surface area (TPSA) is 106 Å². The number of carbonyl (C=O) groups excluding carboxylic acids is 2. The van der Waals surface area contributed by atoms with Crippen LogP contribution in [0.1, 0.15) is 25.0 Å². The van der Waals surface area contributed by atoms with Gasteiger partial charge in [0.05, 0.1) is 5.69 Å². The normalized spacial score (nSPS) is 17.6. The molecule has 162 valence electrons. The number of imidazole rings is 1. The highest BCUT2D eigenvalue weighted by molar-refractivity contribution is 6.44. The highest BCUT2D eigenvalue weighted by Gasteiger charge is 2.35. The molecule has 3 N–H and O–H groups in total. The number of benzene rings is 2. The molecule has 2 aliphatic rings. The van der Waals surface area contributed by atoms with Crippen LogP contribution in [0.15, 0.2) is 65.9 Å². The maximum absolute atomic E-state index is 12.8. The van der Waals surface area contributed by atoms with Crippen LogP contribution in [0.3, 0.4) is 0 Å². The van der Waals surface area contributed by atoms with Crippen molar-refractivity contribution in [2.75, 3.05) is 10.3 Å². The number of nitrogens with zero attached hydrogens (tertiary/aromatic N) is 4.